The number of rotatable bonds is 3. The minimum atomic E-state index is -0.0234. The lowest BCUT2D eigenvalue weighted by atomic mass is 9.78. The molecule has 0 saturated carbocycles. The van der Waals surface area contributed by atoms with Crippen LogP contribution in [0, 0.1) is 5.92 Å². The number of phenols is 2. The lowest BCUT2D eigenvalue weighted by Gasteiger charge is -2.27. The number of aromatic hydroxyl groups is 2. The molecule has 0 aromatic heterocycles. The zero-order valence-electron chi connectivity index (χ0n) is 9.91. The van der Waals surface area contributed by atoms with Crippen molar-refractivity contribution in [1.82, 2.24) is 0 Å². The molecule has 0 aliphatic carbocycles. The van der Waals surface area contributed by atoms with E-state index in [1.54, 1.807) is 12.1 Å². The first kappa shape index (κ1) is 11.9. The summed E-state index contributed by atoms with van der Waals surface area (Å²) in [4.78, 5) is 0. The summed E-state index contributed by atoms with van der Waals surface area (Å²) < 4.78 is 0. The topological polar surface area (TPSA) is 40.5 Å². The Kier molecular flexibility index (Phi) is 3.28. The van der Waals surface area contributed by atoms with E-state index in [2.05, 4.69) is 27.7 Å². The molecule has 0 spiro atoms. The van der Waals surface area contributed by atoms with Gasteiger partial charge in [0, 0.05) is 6.07 Å². The van der Waals surface area contributed by atoms with Crippen LogP contribution in [0.4, 0.5) is 0 Å². The lowest BCUT2D eigenvalue weighted by molar-refractivity contribution is 0.391. The Morgan fingerprint density at radius 1 is 1.07 bits per heavy atom. The Bertz CT molecular complexity index is 320. The summed E-state index contributed by atoms with van der Waals surface area (Å²) in [6.07, 6.45) is 1.02. The molecule has 0 radical (unpaired) electrons. The molecular weight excluding hydrogens is 188 g/mol. The van der Waals surface area contributed by atoms with E-state index in [9.17, 15) is 10.2 Å². The summed E-state index contributed by atoms with van der Waals surface area (Å²) in [6.45, 7) is 8.59. The average molecular weight is 208 g/mol. The summed E-state index contributed by atoms with van der Waals surface area (Å²) in [5.74, 6) is 0.841. The van der Waals surface area contributed by atoms with Gasteiger partial charge in [-0.3, -0.25) is 0 Å². The van der Waals surface area contributed by atoms with Gasteiger partial charge in [-0.1, -0.05) is 27.7 Å². The van der Waals surface area contributed by atoms with Crippen molar-refractivity contribution < 1.29 is 10.2 Å². The molecular formula is C13H20O2. The van der Waals surface area contributed by atoms with Gasteiger partial charge in [0.1, 0.15) is 11.5 Å². The molecule has 15 heavy (non-hydrogen) atoms. The van der Waals surface area contributed by atoms with Crippen LogP contribution in [-0.2, 0) is 5.41 Å². The summed E-state index contributed by atoms with van der Waals surface area (Å²) in [5, 5.41) is 18.9. The van der Waals surface area contributed by atoms with Gasteiger partial charge in [-0.05, 0) is 35.4 Å². The maximum absolute atomic E-state index is 9.43. The molecule has 2 heteroatoms. The molecule has 1 aromatic carbocycles. The van der Waals surface area contributed by atoms with Crippen molar-refractivity contribution in [1.29, 1.82) is 0 Å². The highest BCUT2D eigenvalue weighted by atomic mass is 16.3. The van der Waals surface area contributed by atoms with Crippen LogP contribution in [0.2, 0.25) is 0 Å². The monoisotopic (exact) mass is 208 g/mol. The van der Waals surface area contributed by atoms with E-state index in [4.69, 9.17) is 0 Å². The minimum Gasteiger partial charge on any atom is -0.508 e. The number of hydrogen-bond donors (Lipinski definition) is 2. The second kappa shape index (κ2) is 4.13. The number of benzene rings is 1. The van der Waals surface area contributed by atoms with Gasteiger partial charge in [-0.2, -0.15) is 0 Å². The molecule has 0 aliphatic rings. The quantitative estimate of drug-likeness (QED) is 0.799. The van der Waals surface area contributed by atoms with Gasteiger partial charge in [-0.25, -0.2) is 0 Å². The van der Waals surface area contributed by atoms with Crippen molar-refractivity contribution in [2.24, 2.45) is 5.92 Å². The fourth-order valence-electron chi connectivity index (χ4n) is 2.12. The average Bonchev–Trinajstić information content (AvgIpc) is 1.99. The summed E-state index contributed by atoms with van der Waals surface area (Å²) >= 11 is 0. The van der Waals surface area contributed by atoms with Crippen LogP contribution >= 0.6 is 0 Å². The molecule has 0 heterocycles. The molecule has 0 aliphatic heterocycles. The first-order valence-corrected chi connectivity index (χ1v) is 5.35. The smallest absolute Gasteiger partial charge is 0.119 e. The number of phenolic OH excluding ortho intramolecular Hbond substituents is 2. The fourth-order valence-corrected chi connectivity index (χ4v) is 2.12. The van der Waals surface area contributed by atoms with Crippen molar-refractivity contribution in [3.05, 3.63) is 23.8 Å². The molecule has 0 saturated heterocycles. The van der Waals surface area contributed by atoms with Crippen molar-refractivity contribution in [3.63, 3.8) is 0 Å². The van der Waals surface area contributed by atoms with Crippen LogP contribution < -0.4 is 0 Å². The summed E-state index contributed by atoms with van der Waals surface area (Å²) in [5.41, 5.74) is 0.957. The molecule has 0 unspecified atom stereocenters. The molecule has 0 bridgehead atoms. The van der Waals surface area contributed by atoms with Gasteiger partial charge in [0.25, 0.3) is 0 Å². The second-order valence-corrected chi connectivity index (χ2v) is 5.22. The normalized spacial score (nSPS) is 12.1. The Morgan fingerprint density at radius 2 is 1.53 bits per heavy atom. The number of hydrogen-bond acceptors (Lipinski definition) is 2. The van der Waals surface area contributed by atoms with Crippen molar-refractivity contribution in [2.75, 3.05) is 0 Å². The summed E-state index contributed by atoms with van der Waals surface area (Å²) in [7, 11) is 0. The van der Waals surface area contributed by atoms with Crippen molar-refractivity contribution >= 4 is 0 Å². The van der Waals surface area contributed by atoms with Crippen LogP contribution in [-0.4, -0.2) is 10.2 Å². The summed E-state index contributed by atoms with van der Waals surface area (Å²) in [6, 6.07) is 4.80. The SMILES string of the molecule is CC(C)CC(C)(C)c1cc(O)cc(O)c1. The van der Waals surface area contributed by atoms with Gasteiger partial charge in [0.15, 0.2) is 0 Å². The molecule has 1 rings (SSSR count). The predicted octanol–water partition coefficient (Wildman–Crippen LogP) is 3.42. The highest BCUT2D eigenvalue weighted by Crippen LogP contribution is 2.34. The van der Waals surface area contributed by atoms with E-state index in [-0.39, 0.29) is 16.9 Å². The van der Waals surface area contributed by atoms with E-state index in [1.165, 1.54) is 6.07 Å². The molecule has 0 atom stereocenters. The highest BCUT2D eigenvalue weighted by Gasteiger charge is 2.22. The van der Waals surface area contributed by atoms with Gasteiger partial charge in [0.05, 0.1) is 0 Å². The maximum atomic E-state index is 9.43. The fraction of sp³-hybridized carbons (Fsp3) is 0.538. The Morgan fingerprint density at radius 3 is 1.93 bits per heavy atom. The van der Waals surface area contributed by atoms with Crippen LogP contribution in [0.25, 0.3) is 0 Å². The van der Waals surface area contributed by atoms with Crippen molar-refractivity contribution in [3.8, 4) is 11.5 Å². The Hall–Kier alpha value is -1.18. The third-order valence-corrected chi connectivity index (χ3v) is 2.60. The second-order valence-electron chi connectivity index (χ2n) is 5.22. The first-order chi connectivity index (χ1) is 6.81. The zero-order valence-corrected chi connectivity index (χ0v) is 9.91. The lowest BCUT2D eigenvalue weighted by Crippen LogP contribution is -2.19. The van der Waals surface area contributed by atoms with E-state index in [1.807, 2.05) is 0 Å². The minimum absolute atomic E-state index is 0.0234. The van der Waals surface area contributed by atoms with Gasteiger partial charge >= 0.3 is 0 Å². The van der Waals surface area contributed by atoms with Gasteiger partial charge in [0.2, 0.25) is 0 Å². The largest absolute Gasteiger partial charge is 0.508 e. The van der Waals surface area contributed by atoms with Crippen LogP contribution in [0.15, 0.2) is 18.2 Å². The van der Waals surface area contributed by atoms with Crippen molar-refractivity contribution in [2.45, 2.75) is 39.5 Å². The van der Waals surface area contributed by atoms with Gasteiger partial charge < -0.3 is 10.2 Å². The van der Waals surface area contributed by atoms with Crippen LogP contribution in [0.1, 0.15) is 39.7 Å². The predicted molar refractivity (Wildman–Crippen MR) is 62.3 cm³/mol. The maximum Gasteiger partial charge on any atom is 0.119 e. The Balaban J connectivity index is 3.03. The molecule has 1 aromatic rings. The van der Waals surface area contributed by atoms with E-state index < -0.39 is 0 Å². The standard InChI is InChI=1S/C13H20O2/c1-9(2)8-13(3,4)10-5-11(14)7-12(15)6-10/h5-7,9,14-15H,8H2,1-4H3. The molecule has 2 nitrogen and oxygen atoms in total. The molecule has 0 amide bonds. The Labute approximate surface area is 91.6 Å². The first-order valence-electron chi connectivity index (χ1n) is 5.35. The van der Waals surface area contributed by atoms with Crippen LogP contribution in [0.5, 0.6) is 11.5 Å². The van der Waals surface area contributed by atoms with E-state index >= 15 is 0 Å². The molecule has 84 valence electrons. The van der Waals surface area contributed by atoms with E-state index in [0.29, 0.717) is 5.92 Å². The van der Waals surface area contributed by atoms with E-state index in [0.717, 1.165) is 12.0 Å². The highest BCUT2D eigenvalue weighted by molar-refractivity contribution is 5.39. The molecule has 2 N–H and O–H groups in total. The third-order valence-electron chi connectivity index (χ3n) is 2.60. The third kappa shape index (κ3) is 3.15. The zero-order chi connectivity index (χ0) is 11.6. The van der Waals surface area contributed by atoms with Gasteiger partial charge in [-0.15, -0.1) is 0 Å². The molecule has 0 fully saturated rings. The van der Waals surface area contributed by atoms with Crippen LogP contribution in [0.3, 0.4) is 0 Å².